The molecular weight excluding hydrogens is 290 g/mol. The molecule has 0 bridgehead atoms. The predicted octanol–water partition coefficient (Wildman–Crippen LogP) is 2.91. The number of hydrogen-bond acceptors (Lipinski definition) is 5. The van der Waals surface area contributed by atoms with Crippen molar-refractivity contribution >= 4 is 44.5 Å². The second-order valence-electron chi connectivity index (χ2n) is 4.33. The van der Waals surface area contributed by atoms with Gasteiger partial charge in [0.2, 0.25) is 0 Å². The summed E-state index contributed by atoms with van der Waals surface area (Å²) < 4.78 is 0.938. The molecule has 0 aromatic carbocycles. The highest BCUT2D eigenvalue weighted by Gasteiger charge is 2.16. The molecule has 3 rings (SSSR count). The van der Waals surface area contributed by atoms with Crippen LogP contribution in [-0.2, 0) is 6.42 Å². The molecule has 0 radical (unpaired) electrons. The zero-order chi connectivity index (χ0) is 13.9. The number of fused-ring (bicyclic) bond motifs is 1. The number of amides is 1. The molecule has 3 aromatic rings. The summed E-state index contributed by atoms with van der Waals surface area (Å²) in [5.74, 6) is -0.124. The highest BCUT2D eigenvalue weighted by molar-refractivity contribution is 7.21. The van der Waals surface area contributed by atoms with E-state index in [1.54, 1.807) is 17.5 Å². The topological polar surface area (TPSA) is 68.0 Å². The lowest BCUT2D eigenvalue weighted by Crippen LogP contribution is -2.25. The average molecular weight is 303 g/mol. The number of carbonyl (C=O) groups excluding carboxylic acids is 1. The maximum Gasteiger partial charge on any atom is 0.263 e. The van der Waals surface area contributed by atoms with E-state index in [0.29, 0.717) is 22.6 Å². The van der Waals surface area contributed by atoms with Crippen LogP contribution >= 0.6 is 22.7 Å². The average Bonchev–Trinajstić information content (AvgIpc) is 3.08. The van der Waals surface area contributed by atoms with E-state index in [0.717, 1.165) is 11.1 Å². The van der Waals surface area contributed by atoms with Gasteiger partial charge in [0.15, 0.2) is 0 Å². The van der Waals surface area contributed by atoms with E-state index in [-0.39, 0.29) is 5.91 Å². The van der Waals surface area contributed by atoms with Gasteiger partial charge in [0, 0.05) is 12.7 Å². The van der Waals surface area contributed by atoms with Gasteiger partial charge in [-0.3, -0.25) is 9.78 Å². The molecule has 0 fully saturated rings. The maximum absolute atomic E-state index is 12.2. The predicted molar refractivity (Wildman–Crippen MR) is 84.4 cm³/mol. The molecule has 0 unspecified atom stereocenters. The molecule has 3 aromatic heterocycles. The fraction of sp³-hybridized carbons (Fsp3) is 0.143. The maximum atomic E-state index is 12.2. The summed E-state index contributed by atoms with van der Waals surface area (Å²) in [4.78, 5) is 16.9. The van der Waals surface area contributed by atoms with E-state index < -0.39 is 0 Å². The Kier molecular flexibility index (Phi) is 3.66. The van der Waals surface area contributed by atoms with Gasteiger partial charge >= 0.3 is 0 Å². The third kappa shape index (κ3) is 2.52. The molecule has 0 saturated carbocycles. The van der Waals surface area contributed by atoms with Crippen LogP contribution in [0.2, 0.25) is 0 Å². The number of anilines is 1. The van der Waals surface area contributed by atoms with Crippen LogP contribution in [0.4, 0.5) is 5.69 Å². The van der Waals surface area contributed by atoms with Crippen molar-refractivity contribution in [2.75, 3.05) is 12.3 Å². The number of rotatable bonds is 4. The molecule has 0 aliphatic heterocycles. The lowest BCUT2D eigenvalue weighted by molar-refractivity contribution is 0.0959. The van der Waals surface area contributed by atoms with Crippen molar-refractivity contribution in [3.8, 4) is 0 Å². The first kappa shape index (κ1) is 13.1. The summed E-state index contributed by atoms with van der Waals surface area (Å²) in [5.41, 5.74) is 8.41. The Labute approximate surface area is 124 Å². The van der Waals surface area contributed by atoms with E-state index in [1.165, 1.54) is 16.9 Å². The van der Waals surface area contributed by atoms with E-state index in [2.05, 4.69) is 21.7 Å². The Bertz CT molecular complexity index is 734. The van der Waals surface area contributed by atoms with Crippen molar-refractivity contribution in [2.45, 2.75) is 6.42 Å². The normalized spacial score (nSPS) is 10.8. The monoisotopic (exact) mass is 303 g/mol. The molecule has 0 aliphatic carbocycles. The van der Waals surface area contributed by atoms with Crippen LogP contribution in [0.1, 0.15) is 15.2 Å². The van der Waals surface area contributed by atoms with Crippen LogP contribution in [0.25, 0.3) is 10.2 Å². The molecule has 1 amide bonds. The smallest absolute Gasteiger partial charge is 0.263 e. The number of pyridine rings is 1. The number of thiophene rings is 2. The van der Waals surface area contributed by atoms with Crippen molar-refractivity contribution in [1.29, 1.82) is 0 Å². The number of nitrogens with two attached hydrogens (primary N) is 1. The Hall–Kier alpha value is -1.92. The van der Waals surface area contributed by atoms with Crippen LogP contribution in [-0.4, -0.2) is 17.4 Å². The van der Waals surface area contributed by atoms with Crippen LogP contribution in [0, 0.1) is 0 Å². The van der Waals surface area contributed by atoms with Crippen molar-refractivity contribution in [3.63, 3.8) is 0 Å². The molecule has 0 aliphatic rings. The number of nitrogens with zero attached hydrogens (tertiary/aromatic N) is 1. The van der Waals surface area contributed by atoms with Gasteiger partial charge in [0.05, 0.1) is 10.4 Å². The van der Waals surface area contributed by atoms with Crippen molar-refractivity contribution in [3.05, 3.63) is 45.6 Å². The minimum absolute atomic E-state index is 0.124. The van der Waals surface area contributed by atoms with Gasteiger partial charge in [-0.1, -0.05) is 0 Å². The van der Waals surface area contributed by atoms with Crippen LogP contribution in [0.15, 0.2) is 35.2 Å². The van der Waals surface area contributed by atoms with Crippen LogP contribution in [0.3, 0.4) is 0 Å². The fourth-order valence-corrected chi connectivity index (χ4v) is 3.65. The summed E-state index contributed by atoms with van der Waals surface area (Å²) in [6, 6.07) is 5.83. The first-order valence-electron chi connectivity index (χ1n) is 6.18. The fourth-order valence-electron chi connectivity index (χ4n) is 1.95. The number of nitrogens with one attached hydrogen (secondary N) is 1. The lowest BCUT2D eigenvalue weighted by Gasteiger charge is -2.03. The van der Waals surface area contributed by atoms with Gasteiger partial charge in [0.1, 0.15) is 10.4 Å². The highest BCUT2D eigenvalue weighted by Crippen LogP contribution is 2.31. The van der Waals surface area contributed by atoms with E-state index in [9.17, 15) is 4.79 Å². The van der Waals surface area contributed by atoms with E-state index in [1.807, 2.05) is 17.5 Å². The Morgan fingerprint density at radius 3 is 3.05 bits per heavy atom. The summed E-state index contributed by atoms with van der Waals surface area (Å²) in [6.45, 7) is 0.608. The first-order chi connectivity index (χ1) is 9.75. The van der Waals surface area contributed by atoms with Gasteiger partial charge in [-0.05, 0) is 40.9 Å². The van der Waals surface area contributed by atoms with E-state index >= 15 is 0 Å². The molecular formula is C14H13N3OS2. The first-order valence-corrected chi connectivity index (χ1v) is 7.94. The van der Waals surface area contributed by atoms with Gasteiger partial charge in [-0.2, -0.15) is 11.3 Å². The molecule has 6 heteroatoms. The van der Waals surface area contributed by atoms with Gasteiger partial charge < -0.3 is 11.1 Å². The largest absolute Gasteiger partial charge is 0.396 e. The summed E-state index contributed by atoms with van der Waals surface area (Å²) in [7, 11) is 0. The second-order valence-corrected chi connectivity index (χ2v) is 6.16. The molecule has 0 saturated heterocycles. The standard InChI is InChI=1S/C14H13N3OS2/c15-11-12-10(2-1-5-16-12)20-13(11)14(18)17-6-3-9-4-7-19-8-9/h1-2,4-5,7-8H,3,6,15H2,(H,17,18). The number of hydrogen-bond donors (Lipinski definition) is 2. The second kappa shape index (κ2) is 5.60. The van der Waals surface area contributed by atoms with Gasteiger partial charge in [0.25, 0.3) is 5.91 Å². The summed E-state index contributed by atoms with van der Waals surface area (Å²) >= 11 is 3.04. The quantitative estimate of drug-likeness (QED) is 0.778. The molecule has 3 N–H and O–H groups in total. The molecule has 102 valence electrons. The Morgan fingerprint density at radius 2 is 2.30 bits per heavy atom. The minimum Gasteiger partial charge on any atom is -0.396 e. The van der Waals surface area contributed by atoms with Crippen LogP contribution in [0.5, 0.6) is 0 Å². The molecule has 3 heterocycles. The summed E-state index contributed by atoms with van der Waals surface area (Å²) in [6.07, 6.45) is 2.52. The Morgan fingerprint density at radius 1 is 1.40 bits per heavy atom. The van der Waals surface area contributed by atoms with Crippen molar-refractivity contribution < 1.29 is 4.79 Å². The molecule has 4 nitrogen and oxygen atoms in total. The number of carbonyl (C=O) groups is 1. The number of nitrogen functional groups attached to an aromatic ring is 1. The SMILES string of the molecule is Nc1c(C(=O)NCCc2ccsc2)sc2cccnc12. The molecule has 0 spiro atoms. The third-order valence-electron chi connectivity index (χ3n) is 2.97. The van der Waals surface area contributed by atoms with Gasteiger partial charge in [-0.15, -0.1) is 11.3 Å². The highest BCUT2D eigenvalue weighted by atomic mass is 32.1. The van der Waals surface area contributed by atoms with Gasteiger partial charge in [-0.25, -0.2) is 0 Å². The minimum atomic E-state index is -0.124. The zero-order valence-electron chi connectivity index (χ0n) is 10.6. The Balaban J connectivity index is 1.71. The number of aromatic nitrogens is 1. The molecule has 0 atom stereocenters. The molecule has 20 heavy (non-hydrogen) atoms. The zero-order valence-corrected chi connectivity index (χ0v) is 12.3. The van der Waals surface area contributed by atoms with Crippen molar-refractivity contribution in [1.82, 2.24) is 10.3 Å². The van der Waals surface area contributed by atoms with Crippen LogP contribution < -0.4 is 11.1 Å². The van der Waals surface area contributed by atoms with Crippen molar-refractivity contribution in [2.24, 2.45) is 0 Å². The third-order valence-corrected chi connectivity index (χ3v) is 4.86. The summed E-state index contributed by atoms with van der Waals surface area (Å²) in [5, 5.41) is 7.03. The van der Waals surface area contributed by atoms with E-state index in [4.69, 9.17) is 5.73 Å². The lowest BCUT2D eigenvalue weighted by atomic mass is 10.2.